The number of aryl methyl sites for hydroxylation is 2. The predicted octanol–water partition coefficient (Wildman–Crippen LogP) is 4.59. The number of rotatable bonds is 9. The van der Waals surface area contributed by atoms with Crippen molar-refractivity contribution in [3.05, 3.63) is 63.7 Å². The molecule has 2 aromatic carbocycles. The highest BCUT2D eigenvalue weighted by atomic mass is 35.5. The molecule has 0 aromatic heterocycles. The van der Waals surface area contributed by atoms with E-state index in [1.54, 1.807) is 17.0 Å². The first-order chi connectivity index (χ1) is 14.3. The summed E-state index contributed by atoms with van der Waals surface area (Å²) < 4.78 is 5.89. The number of carbonyl (C=O) groups is 2. The van der Waals surface area contributed by atoms with Gasteiger partial charge in [-0.25, -0.2) is 0 Å². The number of likely N-dealkylation sites (N-methyl/N-ethyl adjacent to an activating group) is 1. The van der Waals surface area contributed by atoms with E-state index in [9.17, 15) is 9.59 Å². The van der Waals surface area contributed by atoms with Gasteiger partial charge in [-0.05, 0) is 74.6 Å². The first kappa shape index (κ1) is 23.7. The lowest BCUT2D eigenvalue weighted by atomic mass is 10.1. The van der Waals surface area contributed by atoms with Crippen LogP contribution in [0.4, 0.5) is 0 Å². The minimum absolute atomic E-state index is 0.132. The molecule has 0 heterocycles. The van der Waals surface area contributed by atoms with E-state index in [0.29, 0.717) is 30.3 Å². The van der Waals surface area contributed by atoms with Crippen LogP contribution in [0.2, 0.25) is 5.02 Å². The number of hydrogen-bond donors (Lipinski definition) is 1. The molecular weight excluding hydrogens is 400 g/mol. The Labute approximate surface area is 184 Å². The molecule has 0 saturated carbocycles. The molecule has 2 amide bonds. The van der Waals surface area contributed by atoms with Crippen LogP contribution in [0.25, 0.3) is 0 Å². The summed E-state index contributed by atoms with van der Waals surface area (Å²) in [6, 6.07) is 10.7. The van der Waals surface area contributed by atoms with Crippen LogP contribution in [-0.2, 0) is 16.1 Å². The molecule has 0 aliphatic heterocycles. The fourth-order valence-corrected chi connectivity index (χ4v) is 3.50. The van der Waals surface area contributed by atoms with Gasteiger partial charge in [0.25, 0.3) is 5.91 Å². The van der Waals surface area contributed by atoms with E-state index in [1.807, 2.05) is 52.8 Å². The zero-order valence-corrected chi connectivity index (χ0v) is 19.2. The lowest BCUT2D eigenvalue weighted by Gasteiger charge is -2.30. The molecule has 162 valence electrons. The van der Waals surface area contributed by atoms with E-state index in [4.69, 9.17) is 16.3 Å². The van der Waals surface area contributed by atoms with Gasteiger partial charge in [-0.3, -0.25) is 9.59 Å². The monoisotopic (exact) mass is 430 g/mol. The molecule has 0 saturated heterocycles. The molecule has 1 atom stereocenters. The zero-order chi connectivity index (χ0) is 22.3. The number of nitrogens with zero attached hydrogens (tertiary/aromatic N) is 1. The fourth-order valence-electron chi connectivity index (χ4n) is 3.37. The molecule has 1 N–H and O–H groups in total. The van der Waals surface area contributed by atoms with Crippen molar-refractivity contribution < 1.29 is 14.3 Å². The predicted molar refractivity (Wildman–Crippen MR) is 121 cm³/mol. The quantitative estimate of drug-likeness (QED) is 0.633. The van der Waals surface area contributed by atoms with Crippen LogP contribution in [-0.4, -0.2) is 35.9 Å². The van der Waals surface area contributed by atoms with Gasteiger partial charge in [-0.15, -0.1) is 0 Å². The molecule has 6 heteroatoms. The minimum Gasteiger partial charge on any atom is -0.483 e. The van der Waals surface area contributed by atoms with Crippen molar-refractivity contribution in [3.8, 4) is 5.75 Å². The van der Waals surface area contributed by atoms with Gasteiger partial charge < -0.3 is 15.0 Å². The normalized spacial score (nSPS) is 11.7. The Hall–Kier alpha value is -2.53. The van der Waals surface area contributed by atoms with Crippen LogP contribution in [0, 0.1) is 20.8 Å². The zero-order valence-electron chi connectivity index (χ0n) is 18.4. The second-order valence-corrected chi connectivity index (χ2v) is 7.90. The third kappa shape index (κ3) is 6.23. The van der Waals surface area contributed by atoms with Gasteiger partial charge in [-0.1, -0.05) is 36.7 Å². The molecule has 30 heavy (non-hydrogen) atoms. The van der Waals surface area contributed by atoms with E-state index < -0.39 is 6.04 Å². The van der Waals surface area contributed by atoms with E-state index in [0.717, 1.165) is 22.3 Å². The lowest BCUT2D eigenvalue weighted by molar-refractivity contribution is -0.142. The van der Waals surface area contributed by atoms with Gasteiger partial charge in [0.2, 0.25) is 5.91 Å². The highest BCUT2D eigenvalue weighted by Crippen LogP contribution is 2.23. The van der Waals surface area contributed by atoms with E-state index in [2.05, 4.69) is 11.4 Å². The van der Waals surface area contributed by atoms with Crippen molar-refractivity contribution in [2.45, 2.75) is 53.6 Å². The maximum atomic E-state index is 13.2. The average Bonchev–Trinajstić information content (AvgIpc) is 2.70. The molecule has 0 bridgehead atoms. The summed E-state index contributed by atoms with van der Waals surface area (Å²) in [5.74, 6) is 0.296. The molecule has 0 aliphatic carbocycles. The van der Waals surface area contributed by atoms with Crippen molar-refractivity contribution in [2.24, 2.45) is 0 Å². The number of amides is 2. The van der Waals surface area contributed by atoms with E-state index in [-0.39, 0.29) is 18.4 Å². The average molecular weight is 431 g/mol. The third-order valence-corrected chi connectivity index (χ3v) is 5.37. The molecular formula is C24H31ClN2O3. The third-order valence-electron chi connectivity index (χ3n) is 5.12. The first-order valence-electron chi connectivity index (χ1n) is 10.3. The van der Waals surface area contributed by atoms with E-state index in [1.165, 1.54) is 0 Å². The van der Waals surface area contributed by atoms with Crippen LogP contribution in [0.15, 0.2) is 36.4 Å². The second-order valence-electron chi connectivity index (χ2n) is 7.46. The molecule has 2 rings (SSSR count). The van der Waals surface area contributed by atoms with Crippen molar-refractivity contribution >= 4 is 23.4 Å². The largest absolute Gasteiger partial charge is 0.483 e. The van der Waals surface area contributed by atoms with Crippen molar-refractivity contribution in [1.82, 2.24) is 10.2 Å². The van der Waals surface area contributed by atoms with Gasteiger partial charge in [-0.2, -0.15) is 0 Å². The van der Waals surface area contributed by atoms with Crippen LogP contribution in [0.1, 0.15) is 42.5 Å². The Kier molecular flexibility index (Phi) is 8.72. The Morgan fingerprint density at radius 3 is 2.37 bits per heavy atom. The summed E-state index contributed by atoms with van der Waals surface area (Å²) in [6.45, 7) is 10.4. The van der Waals surface area contributed by atoms with Gasteiger partial charge >= 0.3 is 0 Å². The summed E-state index contributed by atoms with van der Waals surface area (Å²) in [7, 11) is 0. The molecule has 0 fully saturated rings. The molecule has 0 radical (unpaired) electrons. The summed E-state index contributed by atoms with van der Waals surface area (Å²) in [5.41, 5.74) is 4.10. The van der Waals surface area contributed by atoms with Crippen molar-refractivity contribution in [3.63, 3.8) is 0 Å². The second kappa shape index (κ2) is 11.0. The van der Waals surface area contributed by atoms with E-state index >= 15 is 0 Å². The van der Waals surface area contributed by atoms with Crippen LogP contribution < -0.4 is 10.1 Å². The molecule has 1 unspecified atom stereocenters. The summed E-state index contributed by atoms with van der Waals surface area (Å²) >= 11 is 5.99. The highest BCUT2D eigenvalue weighted by Gasteiger charge is 2.28. The Morgan fingerprint density at radius 2 is 1.77 bits per heavy atom. The SMILES string of the molecule is CCNC(=O)C(CC)N(Cc1ccc(Cl)cc1)C(=O)COc1cc(C)cc(C)c1C. The number of ether oxygens (including phenoxy) is 1. The Balaban J connectivity index is 2.24. The highest BCUT2D eigenvalue weighted by molar-refractivity contribution is 6.30. The Bertz CT molecular complexity index is 881. The molecule has 5 nitrogen and oxygen atoms in total. The first-order valence-corrected chi connectivity index (χ1v) is 10.7. The van der Waals surface area contributed by atoms with Crippen molar-refractivity contribution in [1.29, 1.82) is 0 Å². The number of benzene rings is 2. The molecule has 2 aromatic rings. The number of nitrogens with one attached hydrogen (secondary N) is 1. The number of carbonyl (C=O) groups excluding carboxylic acids is 2. The topological polar surface area (TPSA) is 58.6 Å². The maximum absolute atomic E-state index is 13.2. The van der Waals surface area contributed by atoms with Crippen LogP contribution in [0.5, 0.6) is 5.75 Å². The van der Waals surface area contributed by atoms with Crippen LogP contribution >= 0.6 is 11.6 Å². The molecule has 0 aliphatic rings. The van der Waals surface area contributed by atoms with Gasteiger partial charge in [0.15, 0.2) is 6.61 Å². The van der Waals surface area contributed by atoms with Gasteiger partial charge in [0.1, 0.15) is 11.8 Å². The van der Waals surface area contributed by atoms with Crippen molar-refractivity contribution in [2.75, 3.05) is 13.2 Å². The number of hydrogen-bond acceptors (Lipinski definition) is 3. The minimum atomic E-state index is -0.572. The molecule has 0 spiro atoms. The maximum Gasteiger partial charge on any atom is 0.261 e. The van der Waals surface area contributed by atoms with Crippen LogP contribution in [0.3, 0.4) is 0 Å². The summed E-state index contributed by atoms with van der Waals surface area (Å²) in [6.07, 6.45) is 0.508. The summed E-state index contributed by atoms with van der Waals surface area (Å²) in [5, 5.41) is 3.46. The Morgan fingerprint density at radius 1 is 1.10 bits per heavy atom. The smallest absolute Gasteiger partial charge is 0.261 e. The standard InChI is InChI=1S/C24H31ClN2O3/c1-6-21(24(29)26-7-2)27(14-19-8-10-20(25)11-9-19)23(28)15-30-22-13-16(3)12-17(4)18(22)5/h8-13,21H,6-7,14-15H2,1-5H3,(H,26,29). The number of halogens is 1. The lowest BCUT2D eigenvalue weighted by Crippen LogP contribution is -2.50. The summed E-state index contributed by atoms with van der Waals surface area (Å²) in [4.78, 5) is 27.4. The van der Waals surface area contributed by atoms with Gasteiger partial charge in [0, 0.05) is 18.1 Å². The fraction of sp³-hybridized carbons (Fsp3) is 0.417. The van der Waals surface area contributed by atoms with Gasteiger partial charge in [0.05, 0.1) is 0 Å².